The fraction of sp³-hybridized carbons (Fsp3) is 0. The Hall–Kier alpha value is -0.440. The molecule has 0 spiro atoms. The van der Waals surface area contributed by atoms with E-state index >= 15 is 0 Å². The summed E-state index contributed by atoms with van der Waals surface area (Å²) in [5.41, 5.74) is 0.688. The molecule has 0 fully saturated rings. The van der Waals surface area contributed by atoms with Gasteiger partial charge in [0.05, 0.1) is 11.9 Å². The number of aromatic nitrogens is 2. The van der Waals surface area contributed by atoms with Crippen LogP contribution < -0.4 is 0 Å². The Kier molecular flexibility index (Phi) is 1.58. The summed E-state index contributed by atoms with van der Waals surface area (Å²) in [4.78, 5) is 7.73. The first-order valence-electron chi connectivity index (χ1n) is 2.08. The summed E-state index contributed by atoms with van der Waals surface area (Å²) >= 11 is 3.14. The van der Waals surface area contributed by atoms with Gasteiger partial charge in [-0.3, -0.25) is 4.98 Å². The van der Waals surface area contributed by atoms with Crippen molar-refractivity contribution in [3.63, 3.8) is 0 Å². The van der Waals surface area contributed by atoms with Gasteiger partial charge in [-0.25, -0.2) is 4.98 Å². The Balaban J connectivity index is 3.03. The average Bonchev–Trinajstić information content (AvgIpc) is 1.77. The fourth-order valence-electron chi connectivity index (χ4n) is 0.339. The lowest BCUT2D eigenvalue weighted by Crippen LogP contribution is -1.81. The summed E-state index contributed by atoms with van der Waals surface area (Å²) in [5, 5.41) is 0. The lowest BCUT2D eigenvalue weighted by atomic mass is 10.5. The SMILES string of the molecule is [CH2]c1cnc(Br)cn1. The van der Waals surface area contributed by atoms with E-state index in [-0.39, 0.29) is 0 Å². The van der Waals surface area contributed by atoms with Crippen molar-refractivity contribution in [1.82, 2.24) is 9.97 Å². The van der Waals surface area contributed by atoms with Crippen molar-refractivity contribution in [3.05, 3.63) is 29.6 Å². The molecule has 0 amide bonds. The van der Waals surface area contributed by atoms with Crippen LogP contribution >= 0.6 is 15.9 Å². The van der Waals surface area contributed by atoms with Crippen molar-refractivity contribution in [3.8, 4) is 0 Å². The van der Waals surface area contributed by atoms with Crippen molar-refractivity contribution >= 4 is 15.9 Å². The zero-order valence-electron chi connectivity index (χ0n) is 4.13. The van der Waals surface area contributed by atoms with Gasteiger partial charge in [-0.15, -0.1) is 0 Å². The largest absolute Gasteiger partial charge is 0.257 e. The number of rotatable bonds is 0. The molecule has 0 bridgehead atoms. The molecule has 0 unspecified atom stereocenters. The molecule has 1 radical (unpaired) electrons. The second kappa shape index (κ2) is 2.22. The topological polar surface area (TPSA) is 25.8 Å². The van der Waals surface area contributed by atoms with Crippen LogP contribution in [-0.2, 0) is 0 Å². The third-order valence-corrected chi connectivity index (χ3v) is 1.08. The maximum absolute atomic E-state index is 3.87. The van der Waals surface area contributed by atoms with Crippen LogP contribution in [0.5, 0.6) is 0 Å². The van der Waals surface area contributed by atoms with Crippen molar-refractivity contribution in [2.45, 2.75) is 0 Å². The van der Waals surface area contributed by atoms with Crippen LogP contribution in [0.15, 0.2) is 17.0 Å². The van der Waals surface area contributed by atoms with Crippen molar-refractivity contribution in [2.75, 3.05) is 0 Å². The van der Waals surface area contributed by atoms with Crippen LogP contribution in [0.1, 0.15) is 5.69 Å². The van der Waals surface area contributed by atoms with E-state index in [2.05, 4.69) is 32.8 Å². The molecule has 3 heteroatoms. The van der Waals surface area contributed by atoms with Gasteiger partial charge in [-0.05, 0) is 22.9 Å². The molecule has 1 aromatic rings. The van der Waals surface area contributed by atoms with Gasteiger partial charge in [0.2, 0.25) is 0 Å². The first-order valence-corrected chi connectivity index (χ1v) is 2.88. The molecule has 0 aliphatic heterocycles. The van der Waals surface area contributed by atoms with E-state index in [1.807, 2.05) is 0 Å². The molecule has 1 heterocycles. The zero-order valence-corrected chi connectivity index (χ0v) is 5.72. The molecular weight excluding hydrogens is 168 g/mol. The van der Waals surface area contributed by atoms with E-state index in [0.29, 0.717) is 5.69 Å². The van der Waals surface area contributed by atoms with Crippen LogP contribution in [0.4, 0.5) is 0 Å². The van der Waals surface area contributed by atoms with Crippen LogP contribution in [0.2, 0.25) is 0 Å². The van der Waals surface area contributed by atoms with Crippen molar-refractivity contribution < 1.29 is 0 Å². The molecule has 0 saturated heterocycles. The van der Waals surface area contributed by atoms with Crippen LogP contribution in [0.25, 0.3) is 0 Å². The first kappa shape index (κ1) is 5.69. The van der Waals surface area contributed by atoms with Gasteiger partial charge in [0.25, 0.3) is 0 Å². The summed E-state index contributed by atoms with van der Waals surface area (Å²) in [7, 11) is 0. The van der Waals surface area contributed by atoms with Gasteiger partial charge >= 0.3 is 0 Å². The molecule has 8 heavy (non-hydrogen) atoms. The summed E-state index contributed by atoms with van der Waals surface area (Å²) in [5.74, 6) is 0. The third-order valence-electron chi connectivity index (χ3n) is 0.674. The monoisotopic (exact) mass is 171 g/mol. The Labute approximate surface area is 56.1 Å². The minimum Gasteiger partial charge on any atom is -0.257 e. The highest BCUT2D eigenvalue weighted by Crippen LogP contribution is 2.00. The molecule has 2 nitrogen and oxygen atoms in total. The molecule has 41 valence electrons. The second-order valence-electron chi connectivity index (χ2n) is 1.33. The van der Waals surface area contributed by atoms with E-state index in [9.17, 15) is 0 Å². The fourth-order valence-corrected chi connectivity index (χ4v) is 0.544. The third kappa shape index (κ3) is 1.26. The summed E-state index contributed by atoms with van der Waals surface area (Å²) in [6.07, 6.45) is 3.21. The number of hydrogen-bond acceptors (Lipinski definition) is 2. The van der Waals surface area contributed by atoms with E-state index in [1.54, 1.807) is 12.4 Å². The van der Waals surface area contributed by atoms with Gasteiger partial charge in [0.1, 0.15) is 4.60 Å². The maximum atomic E-state index is 3.87. The standard InChI is InChI=1S/C5H4BrN2/c1-4-2-8-5(6)3-7-4/h2-3H,1H2. The Bertz CT molecular complexity index is 149. The Morgan fingerprint density at radius 1 is 1.38 bits per heavy atom. The molecule has 0 aromatic carbocycles. The highest BCUT2D eigenvalue weighted by molar-refractivity contribution is 9.10. The minimum absolute atomic E-state index is 0.688. The Morgan fingerprint density at radius 2 is 2.12 bits per heavy atom. The van der Waals surface area contributed by atoms with E-state index < -0.39 is 0 Å². The van der Waals surface area contributed by atoms with Crippen molar-refractivity contribution in [2.24, 2.45) is 0 Å². The van der Waals surface area contributed by atoms with Crippen LogP contribution in [-0.4, -0.2) is 9.97 Å². The molecular formula is C5H4BrN2. The average molecular weight is 172 g/mol. The predicted molar refractivity (Wildman–Crippen MR) is 34.2 cm³/mol. The first-order chi connectivity index (χ1) is 3.79. The van der Waals surface area contributed by atoms with E-state index in [4.69, 9.17) is 0 Å². The van der Waals surface area contributed by atoms with Gasteiger partial charge in [0, 0.05) is 6.20 Å². The molecule has 0 aliphatic rings. The molecule has 0 N–H and O–H groups in total. The molecule has 0 aliphatic carbocycles. The highest BCUT2D eigenvalue weighted by atomic mass is 79.9. The number of halogens is 1. The smallest absolute Gasteiger partial charge is 0.124 e. The highest BCUT2D eigenvalue weighted by Gasteiger charge is 1.84. The van der Waals surface area contributed by atoms with Crippen molar-refractivity contribution in [1.29, 1.82) is 0 Å². The molecule has 1 aromatic heterocycles. The second-order valence-corrected chi connectivity index (χ2v) is 2.14. The summed E-state index contributed by atoms with van der Waals surface area (Å²) in [6, 6.07) is 0. The van der Waals surface area contributed by atoms with Gasteiger partial charge in [0.15, 0.2) is 0 Å². The van der Waals surface area contributed by atoms with E-state index in [1.165, 1.54) is 0 Å². The molecule has 0 atom stereocenters. The molecule has 0 saturated carbocycles. The van der Waals surface area contributed by atoms with Gasteiger partial charge in [-0.2, -0.15) is 0 Å². The van der Waals surface area contributed by atoms with Gasteiger partial charge in [-0.1, -0.05) is 0 Å². The number of nitrogens with zero attached hydrogens (tertiary/aromatic N) is 2. The normalized spacial score (nSPS) is 9.25. The van der Waals surface area contributed by atoms with Gasteiger partial charge < -0.3 is 0 Å². The van der Waals surface area contributed by atoms with Crippen LogP contribution in [0, 0.1) is 6.92 Å². The predicted octanol–water partition coefficient (Wildman–Crippen LogP) is 1.42. The number of hydrogen-bond donors (Lipinski definition) is 0. The van der Waals surface area contributed by atoms with Crippen LogP contribution in [0.3, 0.4) is 0 Å². The lowest BCUT2D eigenvalue weighted by molar-refractivity contribution is 1.13. The Morgan fingerprint density at radius 3 is 2.50 bits per heavy atom. The summed E-state index contributed by atoms with van der Waals surface area (Å²) in [6.45, 7) is 3.57. The quantitative estimate of drug-likeness (QED) is 0.591. The summed E-state index contributed by atoms with van der Waals surface area (Å²) < 4.78 is 0.741. The van der Waals surface area contributed by atoms with E-state index in [0.717, 1.165) is 4.60 Å². The lowest BCUT2D eigenvalue weighted by Gasteiger charge is -1.86. The molecule has 1 rings (SSSR count). The maximum Gasteiger partial charge on any atom is 0.124 e. The zero-order chi connectivity index (χ0) is 5.98. The minimum atomic E-state index is 0.688.